The molecule has 1 heterocycles. The van der Waals surface area contributed by atoms with Crippen LogP contribution in [0.1, 0.15) is 42.0 Å². The Morgan fingerprint density at radius 1 is 1.31 bits per heavy atom. The molecule has 4 rings (SSSR count). The topological polar surface area (TPSA) is 65.7 Å². The second kappa shape index (κ2) is 7.00. The van der Waals surface area contributed by atoms with E-state index >= 15 is 0 Å². The average molecular weight is 357 g/mol. The van der Waals surface area contributed by atoms with Gasteiger partial charge < -0.3 is 16.5 Å². The van der Waals surface area contributed by atoms with Gasteiger partial charge in [0.2, 0.25) is 0 Å². The number of nitrogens with one attached hydrogen (secondary N) is 2. The molecule has 1 saturated heterocycles. The second-order valence-corrected chi connectivity index (χ2v) is 7.51. The van der Waals surface area contributed by atoms with Crippen LogP contribution >= 0.6 is 0 Å². The van der Waals surface area contributed by atoms with Crippen LogP contribution in [0.2, 0.25) is 0 Å². The number of likely N-dealkylation sites (N-methyl/N-ethyl adjacent to an activating group) is 1. The summed E-state index contributed by atoms with van der Waals surface area (Å²) < 4.78 is 12.9. The van der Waals surface area contributed by atoms with Crippen molar-refractivity contribution in [3.63, 3.8) is 0 Å². The Morgan fingerprint density at radius 2 is 1.96 bits per heavy atom. The molecule has 3 aliphatic rings. The third kappa shape index (κ3) is 3.01. The summed E-state index contributed by atoms with van der Waals surface area (Å²) in [5.74, 6) is 0.655. The van der Waals surface area contributed by atoms with E-state index in [-0.39, 0.29) is 12.3 Å². The second-order valence-electron chi connectivity index (χ2n) is 7.51. The van der Waals surface area contributed by atoms with Gasteiger partial charge in [-0.25, -0.2) is 14.4 Å². The number of aryl methyl sites for hydroxylation is 2. The van der Waals surface area contributed by atoms with Gasteiger partial charge in [0.25, 0.3) is 0 Å². The van der Waals surface area contributed by atoms with Gasteiger partial charge in [-0.1, -0.05) is 6.07 Å². The molecular formula is C20H28FN5. The maximum atomic E-state index is 12.9. The van der Waals surface area contributed by atoms with Crippen LogP contribution in [0.5, 0.6) is 0 Å². The van der Waals surface area contributed by atoms with Crippen molar-refractivity contribution in [3.8, 4) is 0 Å². The third-order valence-corrected chi connectivity index (χ3v) is 5.74. The Kier molecular flexibility index (Phi) is 4.71. The van der Waals surface area contributed by atoms with Crippen LogP contribution in [0.25, 0.3) is 0 Å². The monoisotopic (exact) mass is 357 g/mol. The lowest BCUT2D eigenvalue weighted by molar-refractivity contribution is 0.270. The van der Waals surface area contributed by atoms with Crippen LogP contribution in [-0.4, -0.2) is 36.9 Å². The quantitative estimate of drug-likeness (QED) is 0.774. The molecule has 0 saturated carbocycles. The third-order valence-electron chi connectivity index (χ3n) is 5.74. The van der Waals surface area contributed by atoms with Gasteiger partial charge in [-0.3, -0.25) is 0 Å². The summed E-state index contributed by atoms with van der Waals surface area (Å²) in [7, 11) is 1.84. The maximum absolute atomic E-state index is 12.9. The van der Waals surface area contributed by atoms with Crippen LogP contribution in [0.4, 0.5) is 10.1 Å². The Labute approximate surface area is 154 Å². The standard InChI is InChI=1S/C20H28FN5/c1-12(24-20-17(9-10-21)19(22)26(2)25-20)23-18-15-7-3-5-13(15)11-14-6-4-8-16(14)18/h9,11-12,19,23H,3-8,10,22H2,1-2H3,(H,24,25)/b17-9-. The van der Waals surface area contributed by atoms with Crippen molar-refractivity contribution < 1.29 is 4.39 Å². The van der Waals surface area contributed by atoms with Gasteiger partial charge in [-0.15, -0.1) is 0 Å². The molecule has 0 radical (unpaired) electrons. The van der Waals surface area contributed by atoms with Gasteiger partial charge in [-0.2, -0.15) is 0 Å². The van der Waals surface area contributed by atoms with Crippen molar-refractivity contribution in [2.45, 2.75) is 57.8 Å². The molecule has 4 N–H and O–H groups in total. The van der Waals surface area contributed by atoms with Gasteiger partial charge in [0.15, 0.2) is 0 Å². The van der Waals surface area contributed by atoms with Crippen molar-refractivity contribution in [2.24, 2.45) is 10.7 Å². The summed E-state index contributed by atoms with van der Waals surface area (Å²) in [6.45, 7) is 1.50. The van der Waals surface area contributed by atoms with Crippen molar-refractivity contribution in [1.29, 1.82) is 0 Å². The van der Waals surface area contributed by atoms with E-state index in [4.69, 9.17) is 10.7 Å². The molecule has 1 aromatic carbocycles. The lowest BCUT2D eigenvalue weighted by Crippen LogP contribution is -2.39. The maximum Gasteiger partial charge on any atom is 0.143 e. The van der Waals surface area contributed by atoms with E-state index in [1.54, 1.807) is 5.01 Å². The van der Waals surface area contributed by atoms with E-state index in [1.165, 1.54) is 59.7 Å². The molecule has 2 unspecified atom stereocenters. The fourth-order valence-corrected chi connectivity index (χ4v) is 4.48. The van der Waals surface area contributed by atoms with Crippen molar-refractivity contribution >= 4 is 11.5 Å². The average Bonchev–Trinajstić information content (AvgIpc) is 3.31. The number of fused-ring (bicyclic) bond motifs is 2. The van der Waals surface area contributed by atoms with E-state index in [2.05, 4.69) is 16.8 Å². The molecule has 26 heavy (non-hydrogen) atoms. The molecule has 0 bridgehead atoms. The van der Waals surface area contributed by atoms with Crippen LogP contribution in [0.15, 0.2) is 22.7 Å². The summed E-state index contributed by atoms with van der Waals surface area (Å²) in [4.78, 5) is 4.76. The first-order chi connectivity index (χ1) is 12.6. The zero-order valence-corrected chi connectivity index (χ0v) is 15.6. The fraction of sp³-hybridized carbons (Fsp3) is 0.550. The molecule has 1 aliphatic heterocycles. The molecule has 5 nitrogen and oxygen atoms in total. The lowest BCUT2D eigenvalue weighted by atomic mass is 9.98. The largest absolute Gasteiger partial charge is 0.363 e. The molecule has 140 valence electrons. The van der Waals surface area contributed by atoms with Crippen molar-refractivity contribution in [2.75, 3.05) is 19.0 Å². The first-order valence-corrected chi connectivity index (χ1v) is 9.60. The number of benzene rings is 1. The minimum absolute atomic E-state index is 0.115. The molecule has 6 heteroatoms. The number of anilines is 1. The highest BCUT2D eigenvalue weighted by Gasteiger charge is 2.29. The molecule has 2 aliphatic carbocycles. The Bertz CT molecular complexity index is 738. The predicted octanol–water partition coefficient (Wildman–Crippen LogP) is 2.45. The number of aliphatic imine (C=N–C) groups is 1. The minimum Gasteiger partial charge on any atom is -0.363 e. The summed E-state index contributed by atoms with van der Waals surface area (Å²) in [5, 5.41) is 5.41. The molecule has 0 amide bonds. The number of amidine groups is 1. The van der Waals surface area contributed by atoms with Crippen LogP contribution in [0, 0.1) is 0 Å². The molecule has 1 aromatic rings. The number of rotatable bonds is 4. The van der Waals surface area contributed by atoms with Gasteiger partial charge in [-0.05, 0) is 73.8 Å². The number of alkyl halides is 1. The predicted molar refractivity (Wildman–Crippen MR) is 104 cm³/mol. The first kappa shape index (κ1) is 17.5. The van der Waals surface area contributed by atoms with Gasteiger partial charge in [0.1, 0.15) is 24.8 Å². The van der Waals surface area contributed by atoms with Gasteiger partial charge in [0, 0.05) is 18.3 Å². The van der Waals surface area contributed by atoms with E-state index in [0.717, 1.165) is 12.8 Å². The Balaban J connectivity index is 1.62. The normalized spacial score (nSPS) is 26.2. The van der Waals surface area contributed by atoms with Crippen molar-refractivity contribution in [3.05, 3.63) is 40.0 Å². The van der Waals surface area contributed by atoms with E-state index in [1.807, 2.05) is 14.0 Å². The number of nitrogens with zero attached hydrogens (tertiary/aromatic N) is 2. The van der Waals surface area contributed by atoms with Crippen LogP contribution in [0.3, 0.4) is 0 Å². The van der Waals surface area contributed by atoms with Gasteiger partial charge >= 0.3 is 0 Å². The Morgan fingerprint density at radius 3 is 2.58 bits per heavy atom. The van der Waals surface area contributed by atoms with Crippen LogP contribution < -0.4 is 16.5 Å². The molecule has 0 aromatic heterocycles. The highest BCUT2D eigenvalue weighted by Crippen LogP contribution is 2.39. The molecular weight excluding hydrogens is 329 g/mol. The number of hydrogen-bond donors (Lipinski definition) is 3. The highest BCUT2D eigenvalue weighted by molar-refractivity contribution is 6.01. The van der Waals surface area contributed by atoms with Crippen molar-refractivity contribution in [1.82, 2.24) is 10.4 Å². The minimum atomic E-state index is -0.543. The summed E-state index contributed by atoms with van der Waals surface area (Å²) in [6, 6.07) is 2.43. The first-order valence-electron chi connectivity index (χ1n) is 9.60. The number of allylic oxidation sites excluding steroid dienone is 1. The van der Waals surface area contributed by atoms with E-state index in [9.17, 15) is 4.39 Å². The zero-order valence-electron chi connectivity index (χ0n) is 15.6. The fourth-order valence-electron chi connectivity index (χ4n) is 4.48. The SMILES string of the molecule is CC(/N=C1/NN(C)C(N)/C1=C/CF)Nc1c2c(cc3c1CCC3)CCC2. The van der Waals surface area contributed by atoms with E-state index < -0.39 is 6.67 Å². The highest BCUT2D eigenvalue weighted by atomic mass is 19.1. The van der Waals surface area contributed by atoms with Gasteiger partial charge in [0.05, 0.1) is 0 Å². The number of nitrogens with two attached hydrogens (primary N) is 1. The lowest BCUT2D eigenvalue weighted by Gasteiger charge is -2.20. The number of hydrazine groups is 1. The number of halogens is 1. The number of hydrogen-bond acceptors (Lipinski definition) is 4. The molecule has 0 spiro atoms. The Hall–Kier alpha value is -1.92. The molecule has 2 atom stereocenters. The summed E-state index contributed by atoms with van der Waals surface area (Å²) in [6.07, 6.45) is 8.15. The summed E-state index contributed by atoms with van der Waals surface area (Å²) in [5.41, 5.74) is 17.2. The molecule has 1 fully saturated rings. The van der Waals surface area contributed by atoms with E-state index in [0.29, 0.717) is 11.4 Å². The van der Waals surface area contributed by atoms with Crippen LogP contribution in [-0.2, 0) is 25.7 Å². The zero-order chi connectivity index (χ0) is 18.3. The smallest absolute Gasteiger partial charge is 0.143 e. The summed E-state index contributed by atoms with van der Waals surface area (Å²) >= 11 is 0.